The minimum atomic E-state index is -0.202. The molecular formula is C51H34N4OS. The topological polar surface area (TPSA) is 54.5 Å². The van der Waals surface area contributed by atoms with Crippen LogP contribution in [0.5, 0.6) is 0 Å². The number of amidine groups is 1. The van der Waals surface area contributed by atoms with Crippen molar-refractivity contribution in [1.29, 1.82) is 0 Å². The van der Waals surface area contributed by atoms with E-state index in [0.29, 0.717) is 0 Å². The molecule has 1 aliphatic heterocycles. The molecule has 6 heteroatoms. The van der Waals surface area contributed by atoms with Crippen LogP contribution >= 0.6 is 11.3 Å². The van der Waals surface area contributed by atoms with E-state index >= 15 is 0 Å². The van der Waals surface area contributed by atoms with Gasteiger partial charge in [-0.25, -0.2) is 4.99 Å². The third kappa shape index (κ3) is 5.08. The van der Waals surface area contributed by atoms with Crippen LogP contribution in [0.3, 0.4) is 0 Å². The Labute approximate surface area is 332 Å². The smallest absolute Gasteiger partial charge is 0.137 e. The van der Waals surface area contributed by atoms with Crippen LogP contribution in [-0.4, -0.2) is 10.4 Å². The maximum absolute atomic E-state index is 6.57. The third-order valence-electron chi connectivity index (χ3n) is 11.5. The molecule has 2 atom stereocenters. The van der Waals surface area contributed by atoms with Crippen molar-refractivity contribution < 1.29 is 4.42 Å². The van der Waals surface area contributed by atoms with Crippen LogP contribution in [0.2, 0.25) is 0 Å². The molecule has 5 nitrogen and oxygen atoms in total. The second-order valence-corrected chi connectivity index (χ2v) is 15.8. The Morgan fingerprint density at radius 1 is 0.544 bits per heavy atom. The standard InChI is InChI=1S/C51H34N4OS/c1-3-14-31(15-4-1)49-52-50(32-16-5-2-6-17-32)54-51(53-49)38-22-12-27-45-46(38)37-21-11-20-34(48(37)57-45)33-28-29-43-39(30-33)47-42(25-13-26-44(47)56-43)55-40-23-9-7-18-35(40)36-19-8-10-24-41(36)55/h1-30,49,51,53H,(H,52,54). The van der Waals surface area contributed by atoms with Crippen LogP contribution in [-0.2, 0) is 0 Å². The van der Waals surface area contributed by atoms with Crippen LogP contribution in [0.4, 0.5) is 0 Å². The summed E-state index contributed by atoms with van der Waals surface area (Å²) in [6, 6.07) is 64.8. The van der Waals surface area contributed by atoms with E-state index < -0.39 is 0 Å². The van der Waals surface area contributed by atoms with Crippen LogP contribution in [0.1, 0.15) is 29.0 Å². The molecule has 0 saturated carbocycles. The Kier molecular flexibility index (Phi) is 7.24. The number of furan rings is 1. The van der Waals surface area contributed by atoms with Crippen molar-refractivity contribution >= 4 is 81.1 Å². The zero-order valence-electron chi connectivity index (χ0n) is 30.7. The highest BCUT2D eigenvalue weighted by molar-refractivity contribution is 7.26. The van der Waals surface area contributed by atoms with Crippen molar-refractivity contribution in [3.8, 4) is 16.8 Å². The van der Waals surface area contributed by atoms with Gasteiger partial charge in [-0.15, -0.1) is 11.3 Å². The molecule has 2 unspecified atom stereocenters. The van der Waals surface area contributed by atoms with Crippen LogP contribution in [0, 0.1) is 0 Å². The largest absolute Gasteiger partial charge is 0.456 e. The summed E-state index contributed by atoms with van der Waals surface area (Å²) in [5, 5.41) is 14.8. The normalized spacial score (nSPS) is 15.9. The van der Waals surface area contributed by atoms with Gasteiger partial charge in [0.25, 0.3) is 0 Å². The van der Waals surface area contributed by atoms with E-state index in [4.69, 9.17) is 9.41 Å². The van der Waals surface area contributed by atoms with Crippen molar-refractivity contribution in [3.05, 3.63) is 199 Å². The minimum Gasteiger partial charge on any atom is -0.456 e. The minimum absolute atomic E-state index is 0.166. The second kappa shape index (κ2) is 12.8. The summed E-state index contributed by atoms with van der Waals surface area (Å²) in [4.78, 5) is 5.16. The molecule has 11 aromatic rings. The number of thiophene rings is 1. The second-order valence-electron chi connectivity index (χ2n) is 14.7. The fourth-order valence-electron chi connectivity index (χ4n) is 8.95. The number of rotatable bonds is 5. The summed E-state index contributed by atoms with van der Waals surface area (Å²) < 4.78 is 11.5. The molecule has 0 aliphatic carbocycles. The van der Waals surface area contributed by atoms with Crippen molar-refractivity contribution in [2.75, 3.05) is 0 Å². The number of hydrogen-bond donors (Lipinski definition) is 2. The highest BCUT2D eigenvalue weighted by Crippen LogP contribution is 2.45. The number of aliphatic imine (C=N–C) groups is 1. The summed E-state index contributed by atoms with van der Waals surface area (Å²) in [7, 11) is 0. The number of nitrogens with one attached hydrogen (secondary N) is 2. The number of nitrogens with zero attached hydrogens (tertiary/aromatic N) is 2. The number of aromatic nitrogens is 1. The monoisotopic (exact) mass is 750 g/mol. The molecule has 57 heavy (non-hydrogen) atoms. The Morgan fingerprint density at radius 2 is 1.25 bits per heavy atom. The van der Waals surface area contributed by atoms with Crippen LogP contribution in [0.25, 0.3) is 80.7 Å². The van der Waals surface area contributed by atoms with Crippen molar-refractivity contribution in [3.63, 3.8) is 0 Å². The molecule has 1 aliphatic rings. The van der Waals surface area contributed by atoms with Gasteiger partial charge in [-0.2, -0.15) is 0 Å². The predicted octanol–water partition coefficient (Wildman–Crippen LogP) is 13.1. The molecule has 0 radical (unpaired) electrons. The van der Waals surface area contributed by atoms with Crippen molar-refractivity contribution in [1.82, 2.24) is 15.2 Å². The summed E-state index contributed by atoms with van der Waals surface area (Å²) in [6.07, 6.45) is -0.367. The summed E-state index contributed by atoms with van der Waals surface area (Å²) >= 11 is 1.86. The van der Waals surface area contributed by atoms with E-state index in [9.17, 15) is 0 Å². The highest BCUT2D eigenvalue weighted by atomic mass is 32.1. The third-order valence-corrected chi connectivity index (χ3v) is 12.7. The first-order valence-corrected chi connectivity index (χ1v) is 20.2. The molecule has 12 rings (SSSR count). The summed E-state index contributed by atoms with van der Waals surface area (Å²) in [5.74, 6) is 0.881. The van der Waals surface area contributed by atoms with Gasteiger partial charge in [-0.05, 0) is 64.7 Å². The van der Waals surface area contributed by atoms with Gasteiger partial charge in [0.15, 0.2) is 0 Å². The molecule has 270 valence electrons. The Hall–Kier alpha value is -6.99. The zero-order chi connectivity index (χ0) is 37.5. The molecule has 2 N–H and O–H groups in total. The lowest BCUT2D eigenvalue weighted by atomic mass is 9.98. The van der Waals surface area contributed by atoms with Crippen molar-refractivity contribution in [2.45, 2.75) is 12.3 Å². The molecule has 0 bridgehead atoms. The maximum atomic E-state index is 6.57. The lowest BCUT2D eigenvalue weighted by Gasteiger charge is -2.32. The quantitative estimate of drug-likeness (QED) is 0.184. The molecule has 0 saturated heterocycles. The van der Waals surface area contributed by atoms with Gasteiger partial charge in [0.05, 0.1) is 22.1 Å². The first-order chi connectivity index (χ1) is 28.3. The fourth-order valence-corrected chi connectivity index (χ4v) is 10.2. The van der Waals surface area contributed by atoms with Gasteiger partial charge in [-0.1, -0.05) is 140 Å². The van der Waals surface area contributed by atoms with Gasteiger partial charge in [-0.3, -0.25) is 5.32 Å². The van der Waals surface area contributed by atoms with E-state index in [2.05, 4.69) is 191 Å². The van der Waals surface area contributed by atoms with Gasteiger partial charge >= 0.3 is 0 Å². The molecule has 8 aromatic carbocycles. The van der Waals surface area contributed by atoms with Crippen molar-refractivity contribution in [2.24, 2.45) is 4.99 Å². The first-order valence-electron chi connectivity index (χ1n) is 19.4. The first kappa shape index (κ1) is 32.3. The average molecular weight is 751 g/mol. The van der Waals surface area contributed by atoms with Gasteiger partial charge in [0, 0.05) is 41.9 Å². The van der Waals surface area contributed by atoms with E-state index in [1.807, 2.05) is 17.4 Å². The Morgan fingerprint density at radius 3 is 2.05 bits per heavy atom. The number of benzene rings is 8. The summed E-state index contributed by atoms with van der Waals surface area (Å²) in [6.45, 7) is 0. The average Bonchev–Trinajstić information content (AvgIpc) is 3.96. The van der Waals surface area contributed by atoms with Gasteiger partial charge in [0.2, 0.25) is 0 Å². The van der Waals surface area contributed by atoms with E-state index in [-0.39, 0.29) is 12.3 Å². The molecular weight excluding hydrogens is 717 g/mol. The molecule has 0 amide bonds. The number of para-hydroxylation sites is 2. The van der Waals surface area contributed by atoms with E-state index in [1.165, 1.54) is 53.1 Å². The molecule has 0 spiro atoms. The van der Waals surface area contributed by atoms with Crippen LogP contribution < -0.4 is 10.6 Å². The maximum Gasteiger partial charge on any atom is 0.137 e. The molecule has 3 aromatic heterocycles. The summed E-state index contributed by atoms with van der Waals surface area (Å²) in [5.41, 5.74) is 11.0. The lowest BCUT2D eigenvalue weighted by molar-refractivity contribution is 0.411. The highest BCUT2D eigenvalue weighted by Gasteiger charge is 2.28. The zero-order valence-corrected chi connectivity index (χ0v) is 31.5. The van der Waals surface area contributed by atoms with E-state index in [0.717, 1.165) is 50.2 Å². The Balaban J connectivity index is 1.02. The molecule has 4 heterocycles. The Bertz CT molecular complexity index is 3320. The fraction of sp³-hybridized carbons (Fsp3) is 0.0392. The number of fused-ring (bicyclic) bond motifs is 9. The lowest BCUT2D eigenvalue weighted by Crippen LogP contribution is -2.45. The van der Waals surface area contributed by atoms with Gasteiger partial charge in [0.1, 0.15) is 29.3 Å². The van der Waals surface area contributed by atoms with E-state index in [1.54, 1.807) is 0 Å². The SMILES string of the molecule is c1ccc(C2=NC(c3ccccc3)NC(c3cccc4sc5c(-c6ccc7oc8cccc(-n9c%10ccccc%10c%10ccccc%109)c8c7c6)cccc5c34)N2)cc1. The van der Waals surface area contributed by atoms with Crippen LogP contribution in [0.15, 0.2) is 191 Å². The predicted molar refractivity (Wildman–Crippen MR) is 238 cm³/mol. The van der Waals surface area contributed by atoms with Gasteiger partial charge < -0.3 is 14.3 Å². The number of hydrogen-bond acceptors (Lipinski definition) is 5. The molecule has 0 fully saturated rings.